The summed E-state index contributed by atoms with van der Waals surface area (Å²) in [7, 11) is 0. The summed E-state index contributed by atoms with van der Waals surface area (Å²) < 4.78 is 4.99. The largest absolute Gasteiger partial charge is 0.309 e. The van der Waals surface area contributed by atoms with Crippen LogP contribution in [0.4, 0.5) is 0 Å². The number of aromatic nitrogens is 2. The topological polar surface area (TPSA) is 9.86 Å². The first kappa shape index (κ1) is 58.7. The molecule has 0 aliphatic heterocycles. The molecule has 0 bridgehead atoms. The molecule has 2 aromatic heterocycles. The number of para-hydroxylation sites is 2. The third kappa shape index (κ3) is 6.98. The van der Waals surface area contributed by atoms with Crippen LogP contribution in [0.1, 0.15) is 89.0 Å². The Hall–Kier alpha value is -13.7. The van der Waals surface area contributed by atoms with Gasteiger partial charge < -0.3 is 9.13 Å². The van der Waals surface area contributed by atoms with E-state index in [1.165, 1.54) is 199 Å². The van der Waals surface area contributed by atoms with Crippen molar-refractivity contribution in [2.45, 2.75) is 21.7 Å². The normalized spacial score (nSPS) is 15.0. The lowest BCUT2D eigenvalue weighted by Gasteiger charge is -2.49. The molecule has 0 unspecified atom stereocenters. The van der Waals surface area contributed by atoms with Gasteiger partial charge in [-0.25, -0.2) is 0 Å². The molecule has 0 saturated heterocycles. The highest BCUT2D eigenvalue weighted by Crippen LogP contribution is 2.70. The van der Waals surface area contributed by atoms with E-state index in [4.69, 9.17) is 0 Å². The van der Waals surface area contributed by atoms with Gasteiger partial charge in [-0.3, -0.25) is 0 Å². The van der Waals surface area contributed by atoms with E-state index >= 15 is 0 Å². The van der Waals surface area contributed by atoms with Crippen LogP contribution in [0, 0.1) is 0 Å². The molecule has 2 nitrogen and oxygen atoms in total. The van der Waals surface area contributed by atoms with E-state index in [-0.39, 0.29) is 0 Å². The van der Waals surface area contributed by atoms with Crippen molar-refractivity contribution >= 4 is 43.6 Å². The second-order valence-electron chi connectivity index (χ2n) is 30.7. The minimum absolute atomic E-state index is 0.540. The van der Waals surface area contributed by atoms with Crippen LogP contribution in [0.15, 0.2) is 388 Å². The van der Waals surface area contributed by atoms with Crippen LogP contribution < -0.4 is 0 Å². The van der Waals surface area contributed by atoms with Gasteiger partial charge in [-0.05, 0) is 216 Å². The molecule has 25 rings (SSSR count). The molecule has 6 aliphatic carbocycles. The van der Waals surface area contributed by atoms with Gasteiger partial charge in [0.15, 0.2) is 0 Å². The highest BCUT2D eigenvalue weighted by atomic mass is 15.0. The monoisotopic (exact) mass is 1360 g/mol. The average molecular weight is 1370 g/mol. The molecule has 0 N–H and O–H groups in total. The smallest absolute Gasteiger partial charge is 0.0720 e. The summed E-state index contributed by atoms with van der Waals surface area (Å²) in [6.07, 6.45) is 0. The van der Waals surface area contributed by atoms with Gasteiger partial charge in [0.05, 0.1) is 43.7 Å². The van der Waals surface area contributed by atoms with Crippen molar-refractivity contribution in [3.8, 4) is 78.1 Å². The van der Waals surface area contributed by atoms with E-state index in [1.807, 2.05) is 0 Å². The molecule has 108 heavy (non-hydrogen) atoms. The first-order chi connectivity index (χ1) is 53.6. The van der Waals surface area contributed by atoms with Crippen molar-refractivity contribution in [2.75, 3.05) is 0 Å². The summed E-state index contributed by atoms with van der Waals surface area (Å²) in [4.78, 5) is 0. The van der Waals surface area contributed by atoms with Crippen LogP contribution in [0.2, 0.25) is 0 Å². The predicted octanol–water partition coefficient (Wildman–Crippen LogP) is 25.3. The average Bonchev–Trinajstić information content (AvgIpc) is 1.45. The van der Waals surface area contributed by atoms with Crippen molar-refractivity contribution in [3.05, 3.63) is 477 Å². The molecule has 498 valence electrons. The highest BCUT2D eigenvalue weighted by molar-refractivity contribution is 6.19. The van der Waals surface area contributed by atoms with Gasteiger partial charge in [0.25, 0.3) is 0 Å². The zero-order valence-electron chi connectivity index (χ0n) is 58.8. The fourth-order valence-corrected chi connectivity index (χ4v) is 22.4. The fourth-order valence-electron chi connectivity index (χ4n) is 22.4. The summed E-state index contributed by atoms with van der Waals surface area (Å²) in [5.41, 5.74) is 41.3. The summed E-state index contributed by atoms with van der Waals surface area (Å²) in [6.45, 7) is 0. The van der Waals surface area contributed by atoms with E-state index in [2.05, 4.69) is 397 Å². The Kier molecular flexibility index (Phi) is 11.5. The number of rotatable bonds is 4. The van der Waals surface area contributed by atoms with Crippen LogP contribution >= 0.6 is 0 Å². The SMILES string of the molecule is c1ccc2c(c1)-c1ccccc1C21c2ccccc2C2(c3ccccc3-c3ccccc32)c2cc(-c3ccc(-n4c5ccccc5c5cc6c(cc54)c4ccccc4n6-c4ccc(-c5ccc6c(c5)C5(c7ccccc7-c7ccccc75)c5ccccc5C65c6ccccc6-c6ccccc65)cc4)cc3)ccc21. The van der Waals surface area contributed by atoms with Crippen LogP contribution in [0.5, 0.6) is 0 Å². The Bertz CT molecular complexity index is 6580. The van der Waals surface area contributed by atoms with E-state index < -0.39 is 21.7 Å². The first-order valence-electron chi connectivity index (χ1n) is 38.0. The van der Waals surface area contributed by atoms with Gasteiger partial charge >= 0.3 is 0 Å². The Balaban J connectivity index is 0.634. The molecule has 6 aliphatic rings. The molecular weight excluding hydrogens is 1300 g/mol. The zero-order chi connectivity index (χ0) is 70.3. The number of hydrogen-bond donors (Lipinski definition) is 0. The molecule has 17 aromatic carbocycles. The lowest BCUT2D eigenvalue weighted by atomic mass is 9.52. The maximum Gasteiger partial charge on any atom is 0.0720 e. The van der Waals surface area contributed by atoms with Crippen LogP contribution in [-0.4, -0.2) is 9.13 Å². The van der Waals surface area contributed by atoms with E-state index in [9.17, 15) is 0 Å². The Labute approximate surface area is 625 Å². The van der Waals surface area contributed by atoms with Gasteiger partial charge in [0, 0.05) is 32.9 Å². The molecule has 19 aromatic rings. The zero-order valence-corrected chi connectivity index (χ0v) is 58.8. The molecular formula is C106H64N2. The summed E-state index contributed by atoms with van der Waals surface area (Å²) in [6, 6.07) is 149. The van der Waals surface area contributed by atoms with Crippen LogP contribution in [0.3, 0.4) is 0 Å². The van der Waals surface area contributed by atoms with Gasteiger partial charge in [-0.15, -0.1) is 0 Å². The number of hydrogen-bond acceptors (Lipinski definition) is 0. The van der Waals surface area contributed by atoms with Crippen molar-refractivity contribution in [3.63, 3.8) is 0 Å². The van der Waals surface area contributed by atoms with Crippen molar-refractivity contribution in [2.24, 2.45) is 0 Å². The molecule has 0 amide bonds. The molecule has 0 fully saturated rings. The third-order valence-corrected chi connectivity index (χ3v) is 26.3. The molecule has 0 saturated carbocycles. The predicted molar refractivity (Wildman–Crippen MR) is 442 cm³/mol. The molecule has 2 heteroatoms. The maximum atomic E-state index is 2.57. The second kappa shape index (κ2) is 21.1. The Morgan fingerprint density at radius 2 is 0.352 bits per heavy atom. The summed E-state index contributed by atoms with van der Waals surface area (Å²) >= 11 is 0. The third-order valence-electron chi connectivity index (χ3n) is 26.3. The molecule has 4 spiro atoms. The van der Waals surface area contributed by atoms with E-state index in [0.717, 1.165) is 11.4 Å². The first-order valence-corrected chi connectivity index (χ1v) is 38.0. The lowest BCUT2D eigenvalue weighted by Crippen LogP contribution is -2.43. The van der Waals surface area contributed by atoms with Crippen LogP contribution in [0.25, 0.3) is 122 Å². The lowest BCUT2D eigenvalue weighted by molar-refractivity contribution is 0.633. The molecule has 0 atom stereocenters. The van der Waals surface area contributed by atoms with Crippen molar-refractivity contribution in [1.82, 2.24) is 9.13 Å². The fraction of sp³-hybridized carbons (Fsp3) is 0.0377. The van der Waals surface area contributed by atoms with Gasteiger partial charge in [0.2, 0.25) is 0 Å². The number of nitrogens with zero attached hydrogens (tertiary/aromatic N) is 2. The molecule has 0 radical (unpaired) electrons. The summed E-state index contributed by atoms with van der Waals surface area (Å²) in [5.74, 6) is 0. The number of benzene rings is 17. The maximum absolute atomic E-state index is 2.57. The minimum Gasteiger partial charge on any atom is -0.309 e. The number of fused-ring (bicyclic) bond motifs is 38. The van der Waals surface area contributed by atoms with Crippen molar-refractivity contribution < 1.29 is 0 Å². The Morgan fingerprint density at radius 1 is 0.139 bits per heavy atom. The van der Waals surface area contributed by atoms with Crippen LogP contribution in [-0.2, 0) is 21.7 Å². The minimum atomic E-state index is -0.575. The van der Waals surface area contributed by atoms with E-state index in [0.29, 0.717) is 0 Å². The van der Waals surface area contributed by atoms with Gasteiger partial charge in [-0.1, -0.05) is 328 Å². The highest BCUT2D eigenvalue weighted by Gasteiger charge is 2.61. The van der Waals surface area contributed by atoms with Crippen molar-refractivity contribution in [1.29, 1.82) is 0 Å². The van der Waals surface area contributed by atoms with Gasteiger partial charge in [0.1, 0.15) is 0 Å². The quantitative estimate of drug-likeness (QED) is 0.166. The Morgan fingerprint density at radius 3 is 0.630 bits per heavy atom. The standard InChI is InChI=1S/C106H64N2/c1-11-35-83-71(25-1)72-26-2-12-36-84(72)103(83)91-43-19-21-45-93(91)105(87-39-15-5-29-75(87)76-30-6-16-40-88(76)105)97-61-67(53-59-95(97)103)65-49-55-69(56-50-65)107-99-47-23-9-33-79(99)81-64-102-82(63-101(81)107)80-34-10-24-48-100(80)108(102)70-57-51-66(52-58-70)68-54-60-96-98(62-68)106(89-41-17-7-31-77(89)78-32-8-18-42-90(78)106)94-46-22-20-44-92(94)104(96)85-37-13-3-27-73(85)74-28-4-14-38-86(74)104/h1-64H. The summed E-state index contributed by atoms with van der Waals surface area (Å²) in [5, 5.41) is 4.88. The molecule has 2 heterocycles. The van der Waals surface area contributed by atoms with Gasteiger partial charge in [-0.2, -0.15) is 0 Å². The second-order valence-corrected chi connectivity index (χ2v) is 30.7. The van der Waals surface area contributed by atoms with E-state index in [1.54, 1.807) is 0 Å².